The number of hydrogen-bond donors (Lipinski definition) is 14. The monoisotopic (exact) mass is 859 g/mol. The van der Waals surface area contributed by atoms with E-state index in [2.05, 4.69) is 0 Å². The molecule has 0 spiro atoms. The first-order valence-electron chi connectivity index (χ1n) is 18.1. The number of ether oxygens (including phenoxy) is 7. The van der Waals surface area contributed by atoms with Gasteiger partial charge in [0.05, 0.1) is 24.8 Å². The number of carboxylic acid groups (broad SMARTS) is 1. The van der Waals surface area contributed by atoms with Crippen LogP contribution in [0.15, 0.2) is 40.8 Å². The van der Waals surface area contributed by atoms with Crippen molar-refractivity contribution in [1.82, 2.24) is 0 Å². The highest BCUT2D eigenvalue weighted by Crippen LogP contribution is 2.43. The molecule has 3 fully saturated rings. The second-order valence-electron chi connectivity index (χ2n) is 14.0. The Hall–Kier alpha value is -4.77. The Morgan fingerprint density at radius 2 is 1.22 bits per heavy atom. The van der Waals surface area contributed by atoms with Crippen molar-refractivity contribution in [1.29, 1.82) is 0 Å². The molecule has 4 heterocycles. The van der Waals surface area contributed by atoms with Crippen LogP contribution < -0.4 is 9.47 Å². The maximum Gasteiger partial charge on any atom is 0.402 e. The van der Waals surface area contributed by atoms with Gasteiger partial charge >= 0.3 is 23.3 Å². The Labute approximate surface area is 336 Å². The predicted octanol–water partition coefficient (Wildman–Crippen LogP) is -4.30. The third-order valence-electron chi connectivity index (χ3n) is 9.86. The van der Waals surface area contributed by atoms with E-state index in [-0.39, 0.29) is 28.0 Å². The molecule has 2 aromatic carbocycles. The number of fused-ring (bicyclic) bond motifs is 1. The van der Waals surface area contributed by atoms with Gasteiger partial charge in [-0.1, -0.05) is 0 Å². The van der Waals surface area contributed by atoms with Crippen molar-refractivity contribution in [3.05, 3.63) is 36.4 Å². The third-order valence-corrected chi connectivity index (χ3v) is 9.86. The van der Waals surface area contributed by atoms with Crippen LogP contribution in [0.4, 0.5) is 0 Å². The normalized spacial score (nSPS) is 34.5. The van der Waals surface area contributed by atoms with Gasteiger partial charge in [-0.2, -0.15) is 0 Å². The SMILES string of the molecule is O=C(O)CC(=O)OCC1O[C@@H](Oc2cc3c(O)cc(O)cc3[o+]c2-c2ccc(O[C@@H]3OC(CO)[C@@H](O)[C@H](O)C3O)c(O)c2)C(O)[C@@H](O[C@@H]2OC(CO)[C@@H](O)[C@H](O)C2O)[C@@H]1O. The summed E-state index contributed by atoms with van der Waals surface area (Å²) in [5, 5.41) is 145. The largest absolute Gasteiger partial charge is 0.507 e. The fraction of sp³-hybridized carbons (Fsp3) is 0.528. The van der Waals surface area contributed by atoms with Crippen LogP contribution in [0.1, 0.15) is 6.42 Å². The fourth-order valence-electron chi connectivity index (χ4n) is 6.63. The number of aromatic hydroxyl groups is 3. The lowest BCUT2D eigenvalue weighted by molar-refractivity contribution is -0.353. The summed E-state index contributed by atoms with van der Waals surface area (Å²) >= 11 is 0. The van der Waals surface area contributed by atoms with E-state index in [1.165, 1.54) is 6.07 Å². The first-order valence-corrected chi connectivity index (χ1v) is 18.1. The smallest absolute Gasteiger partial charge is 0.402 e. The van der Waals surface area contributed by atoms with Crippen LogP contribution in [-0.2, 0) is 33.3 Å². The lowest BCUT2D eigenvalue weighted by atomic mass is 9.97. The van der Waals surface area contributed by atoms with Gasteiger partial charge in [0.15, 0.2) is 17.8 Å². The molecule has 0 aliphatic carbocycles. The van der Waals surface area contributed by atoms with E-state index < -0.39 is 153 Å². The van der Waals surface area contributed by atoms with Crippen molar-refractivity contribution in [3.63, 3.8) is 0 Å². The van der Waals surface area contributed by atoms with E-state index in [4.69, 9.17) is 42.7 Å². The zero-order chi connectivity index (χ0) is 43.7. The van der Waals surface area contributed by atoms with Gasteiger partial charge in [0.1, 0.15) is 103 Å². The predicted molar refractivity (Wildman–Crippen MR) is 189 cm³/mol. The lowest BCUT2D eigenvalue weighted by Crippen LogP contribution is -2.65. The van der Waals surface area contributed by atoms with Crippen LogP contribution in [0.2, 0.25) is 0 Å². The van der Waals surface area contributed by atoms with E-state index in [0.29, 0.717) is 0 Å². The molecule has 6 unspecified atom stereocenters. The van der Waals surface area contributed by atoms with Gasteiger partial charge in [-0.05, 0) is 12.1 Å². The van der Waals surface area contributed by atoms with Gasteiger partial charge in [-0.15, -0.1) is 0 Å². The van der Waals surface area contributed by atoms with Crippen molar-refractivity contribution < 1.29 is 119 Å². The van der Waals surface area contributed by atoms with Crippen LogP contribution in [-0.4, -0.2) is 195 Å². The van der Waals surface area contributed by atoms with Crippen molar-refractivity contribution >= 4 is 22.9 Å². The minimum atomic E-state index is -2.11. The molecule has 0 amide bonds. The number of carbonyl (C=O) groups excluding carboxylic acids is 1. The molecule has 3 aliphatic heterocycles. The number of aliphatic hydroxyl groups is 10. The maximum atomic E-state index is 12.1. The number of phenolic OH excluding ortho intramolecular Hbond substituents is 3. The van der Waals surface area contributed by atoms with E-state index in [9.17, 15) is 76.0 Å². The summed E-state index contributed by atoms with van der Waals surface area (Å²) in [6.45, 7) is -2.51. The summed E-state index contributed by atoms with van der Waals surface area (Å²) in [5.74, 6) is -5.52. The maximum absolute atomic E-state index is 12.1. The number of hydrogen-bond acceptors (Lipinski definition) is 22. The number of carbonyl (C=O) groups is 2. The molecule has 14 N–H and O–H groups in total. The molecule has 3 aliphatic rings. The molecule has 0 radical (unpaired) electrons. The number of esters is 1. The minimum Gasteiger partial charge on any atom is -0.507 e. The Balaban J connectivity index is 1.35. The van der Waals surface area contributed by atoms with E-state index >= 15 is 0 Å². The Bertz CT molecular complexity index is 1990. The standard InChI is InChI=1S/C36H42O24/c37-8-19-24(45)27(48)29(50)34(57-19)55-16-2-1-11(3-15(16)41)32-18(6-13-14(40)4-12(39)5-17(13)54-32)56-36-31(52)33(26(47)21(59-36)10-53-23(44)7-22(42)43)60-35-30(51)28(49)25(46)20(9-38)58-35/h1-6,19-21,24-31,33-38,45-52H,7-10H2,(H3-,39,40,41,42,43)/p+1/t19?,20?,21?,24-,25-,26-,27+,28+,29?,30?,31?,33+,34-,35+,36-/m1/s1. The molecular weight excluding hydrogens is 816 g/mol. The second-order valence-corrected chi connectivity index (χ2v) is 14.0. The zero-order valence-electron chi connectivity index (χ0n) is 30.8. The average molecular weight is 860 g/mol. The van der Waals surface area contributed by atoms with E-state index in [0.717, 1.165) is 30.3 Å². The lowest BCUT2D eigenvalue weighted by Gasteiger charge is -2.45. The minimum absolute atomic E-state index is 0.0491. The number of phenols is 3. The number of rotatable bonds is 13. The topological polar surface area (TPSA) is 393 Å². The summed E-state index contributed by atoms with van der Waals surface area (Å²) in [4.78, 5) is 23.2. The molecule has 330 valence electrons. The van der Waals surface area contributed by atoms with Crippen molar-refractivity contribution in [2.75, 3.05) is 19.8 Å². The van der Waals surface area contributed by atoms with Gasteiger partial charge < -0.3 is 105 Å². The highest BCUT2D eigenvalue weighted by atomic mass is 16.7. The van der Waals surface area contributed by atoms with Gasteiger partial charge in [-0.25, -0.2) is 4.42 Å². The zero-order valence-corrected chi connectivity index (χ0v) is 30.8. The van der Waals surface area contributed by atoms with Crippen molar-refractivity contribution in [3.8, 4) is 40.1 Å². The number of carboxylic acids is 1. The molecule has 1 aromatic heterocycles. The molecule has 24 heteroatoms. The van der Waals surface area contributed by atoms with Crippen LogP contribution >= 0.6 is 0 Å². The van der Waals surface area contributed by atoms with Gasteiger partial charge in [0.2, 0.25) is 18.3 Å². The molecular formula is C36H43O24+. The summed E-state index contributed by atoms with van der Waals surface area (Å²) < 4.78 is 44.6. The number of aliphatic hydroxyl groups excluding tert-OH is 10. The first-order chi connectivity index (χ1) is 28.4. The van der Waals surface area contributed by atoms with Crippen molar-refractivity contribution in [2.45, 2.75) is 98.5 Å². The van der Waals surface area contributed by atoms with Crippen LogP contribution in [0, 0.1) is 0 Å². The summed E-state index contributed by atoms with van der Waals surface area (Å²) in [6, 6.07) is 6.64. The van der Waals surface area contributed by atoms with Crippen LogP contribution in [0.25, 0.3) is 22.3 Å². The summed E-state index contributed by atoms with van der Waals surface area (Å²) in [7, 11) is 0. The van der Waals surface area contributed by atoms with Gasteiger partial charge in [-0.3, -0.25) is 9.59 Å². The highest BCUT2D eigenvalue weighted by molar-refractivity contribution is 5.90. The molecule has 0 saturated carbocycles. The Morgan fingerprint density at radius 1 is 0.633 bits per heavy atom. The van der Waals surface area contributed by atoms with Crippen LogP contribution in [0.5, 0.6) is 28.7 Å². The van der Waals surface area contributed by atoms with E-state index in [1.807, 2.05) is 0 Å². The summed E-state index contributed by atoms with van der Waals surface area (Å²) in [5.41, 5.74) is -0.212. The fourth-order valence-corrected chi connectivity index (χ4v) is 6.63. The Kier molecular flexibility index (Phi) is 13.8. The molecule has 15 atom stereocenters. The van der Waals surface area contributed by atoms with Crippen molar-refractivity contribution in [2.24, 2.45) is 0 Å². The highest BCUT2D eigenvalue weighted by Gasteiger charge is 2.52. The van der Waals surface area contributed by atoms with Gasteiger partial charge in [0.25, 0.3) is 0 Å². The quantitative estimate of drug-likeness (QED) is 0.0439. The van der Waals surface area contributed by atoms with Crippen LogP contribution in [0.3, 0.4) is 0 Å². The molecule has 24 nitrogen and oxygen atoms in total. The Morgan fingerprint density at radius 3 is 1.83 bits per heavy atom. The molecule has 60 heavy (non-hydrogen) atoms. The second kappa shape index (κ2) is 18.5. The third kappa shape index (κ3) is 9.26. The first kappa shape index (κ1) is 44.8. The molecule has 6 rings (SSSR count). The number of aliphatic carboxylic acids is 1. The average Bonchev–Trinajstić information content (AvgIpc) is 3.20. The molecule has 3 aromatic rings. The summed E-state index contributed by atoms with van der Waals surface area (Å²) in [6.07, 6.45) is -28.4. The van der Waals surface area contributed by atoms with E-state index in [1.54, 1.807) is 0 Å². The van der Waals surface area contributed by atoms with Gasteiger partial charge in [0, 0.05) is 18.2 Å². The number of benzene rings is 2. The molecule has 0 bridgehead atoms. The molecule has 3 saturated heterocycles.